The van der Waals surface area contributed by atoms with E-state index in [0.717, 1.165) is 62.1 Å². The van der Waals surface area contributed by atoms with Gasteiger partial charge < -0.3 is 19.9 Å². The highest BCUT2D eigenvalue weighted by Crippen LogP contribution is 2.37. The third-order valence-corrected chi connectivity index (χ3v) is 7.09. The second kappa shape index (κ2) is 13.0. The van der Waals surface area contributed by atoms with Crippen LogP contribution in [0.15, 0.2) is 42.5 Å². The van der Waals surface area contributed by atoms with Gasteiger partial charge in [-0.2, -0.15) is 0 Å². The van der Waals surface area contributed by atoms with Gasteiger partial charge in [0.15, 0.2) is 6.61 Å². The van der Waals surface area contributed by atoms with Crippen LogP contribution in [0, 0.1) is 0 Å². The molecule has 0 radical (unpaired) electrons. The lowest BCUT2D eigenvalue weighted by molar-refractivity contribution is -0.134. The van der Waals surface area contributed by atoms with Crippen molar-refractivity contribution in [3.8, 4) is 5.75 Å². The van der Waals surface area contributed by atoms with Crippen LogP contribution in [0.25, 0.3) is 0 Å². The number of rotatable bonds is 9. The van der Waals surface area contributed by atoms with Gasteiger partial charge in [0.2, 0.25) is 10.0 Å². The second-order valence-electron chi connectivity index (χ2n) is 9.10. The molecule has 4 rings (SSSR count). The molecule has 0 aromatic heterocycles. The van der Waals surface area contributed by atoms with Gasteiger partial charge in [0, 0.05) is 25.7 Å². The van der Waals surface area contributed by atoms with E-state index < -0.39 is 10.0 Å². The van der Waals surface area contributed by atoms with Gasteiger partial charge in [-0.3, -0.25) is 9.52 Å². The van der Waals surface area contributed by atoms with Crippen LogP contribution in [-0.2, 0) is 21.2 Å². The highest BCUT2D eigenvalue weighted by Gasteiger charge is 2.26. The average Bonchev–Trinajstić information content (AvgIpc) is 3.40. The summed E-state index contributed by atoms with van der Waals surface area (Å²) in [5.41, 5.74) is 3.24. The third kappa shape index (κ3) is 7.36. The predicted octanol–water partition coefficient (Wildman–Crippen LogP) is 4.12. The molecule has 2 aliphatic heterocycles. The maximum atomic E-state index is 13.2. The lowest BCUT2D eigenvalue weighted by Gasteiger charge is -2.32. The van der Waals surface area contributed by atoms with Gasteiger partial charge in [0.1, 0.15) is 5.75 Å². The van der Waals surface area contributed by atoms with E-state index in [4.69, 9.17) is 4.74 Å². The molecule has 2 aromatic carbocycles. The molecule has 36 heavy (non-hydrogen) atoms. The van der Waals surface area contributed by atoms with Crippen molar-refractivity contribution in [1.29, 1.82) is 0 Å². The van der Waals surface area contributed by atoms with Crippen LogP contribution in [0.1, 0.15) is 50.3 Å². The first-order chi connectivity index (χ1) is 17.3. The Morgan fingerprint density at radius 2 is 1.81 bits per heavy atom. The number of carbonyl (C=O) groups is 1. The highest BCUT2D eigenvalue weighted by molar-refractivity contribution is 7.92. The molecule has 0 unspecified atom stereocenters. The number of nitrogens with one attached hydrogen (secondary N) is 2. The van der Waals surface area contributed by atoms with E-state index in [9.17, 15) is 13.2 Å². The Labute approximate surface area is 216 Å². The van der Waals surface area contributed by atoms with Crippen molar-refractivity contribution >= 4 is 27.3 Å². The number of fused-ring (bicyclic) bond motifs is 1. The van der Waals surface area contributed by atoms with E-state index in [-0.39, 0.29) is 18.6 Å². The van der Waals surface area contributed by atoms with Gasteiger partial charge in [-0.05, 0) is 56.5 Å². The Morgan fingerprint density at radius 3 is 2.47 bits per heavy atom. The molecule has 0 aliphatic carbocycles. The quantitative estimate of drug-likeness (QED) is 0.521. The standard InChI is InChI=1S/C25H34N4O4S.C2H6/c1-28(22(17-29-15-6-7-16-29)19-9-4-3-5-10-19)24(30)18-33-23-13-12-21(27-34(2,31)32)25-20(23)11-8-14-26-25;1-2/h3-5,9-10,12-13,22,26-27H,6-8,11,14-18H2,1-2H3;1-2H3/t22-;/m1./s1. The van der Waals surface area contributed by atoms with Crippen LogP contribution >= 0.6 is 0 Å². The van der Waals surface area contributed by atoms with Gasteiger partial charge in [-0.15, -0.1) is 0 Å². The summed E-state index contributed by atoms with van der Waals surface area (Å²) in [4.78, 5) is 17.4. The van der Waals surface area contributed by atoms with Gasteiger partial charge in [-0.25, -0.2) is 8.42 Å². The summed E-state index contributed by atoms with van der Waals surface area (Å²) in [6.45, 7) is 7.61. The zero-order valence-electron chi connectivity index (χ0n) is 21.9. The number of hydrogen-bond donors (Lipinski definition) is 2. The summed E-state index contributed by atoms with van der Waals surface area (Å²) in [6, 6.07) is 13.5. The highest BCUT2D eigenvalue weighted by atomic mass is 32.2. The van der Waals surface area contributed by atoms with E-state index in [0.29, 0.717) is 11.4 Å². The van der Waals surface area contributed by atoms with E-state index in [1.165, 1.54) is 12.8 Å². The van der Waals surface area contributed by atoms with E-state index in [1.807, 2.05) is 39.1 Å². The lowest BCUT2D eigenvalue weighted by atomic mass is 10.0. The first kappa shape index (κ1) is 27.8. The number of hydrogen-bond acceptors (Lipinski definition) is 6. The summed E-state index contributed by atoms with van der Waals surface area (Å²) in [6.07, 6.45) is 5.19. The Morgan fingerprint density at radius 1 is 1.11 bits per heavy atom. The molecule has 8 nitrogen and oxygen atoms in total. The number of likely N-dealkylation sites (tertiary alicyclic amines) is 1. The summed E-state index contributed by atoms with van der Waals surface area (Å²) in [5, 5.41) is 3.28. The topological polar surface area (TPSA) is 91.0 Å². The van der Waals surface area contributed by atoms with E-state index in [1.54, 1.807) is 17.0 Å². The van der Waals surface area contributed by atoms with Crippen molar-refractivity contribution in [1.82, 2.24) is 9.80 Å². The van der Waals surface area contributed by atoms with Crippen molar-refractivity contribution in [2.45, 2.75) is 45.6 Å². The minimum atomic E-state index is -3.40. The maximum Gasteiger partial charge on any atom is 0.260 e. The first-order valence-electron chi connectivity index (χ1n) is 12.8. The average molecular weight is 517 g/mol. The minimum absolute atomic E-state index is 0.0488. The summed E-state index contributed by atoms with van der Waals surface area (Å²) in [5.74, 6) is 0.516. The lowest BCUT2D eigenvalue weighted by Crippen LogP contribution is -2.40. The number of likely N-dealkylation sites (N-methyl/N-ethyl adjacent to an activating group) is 1. The number of ether oxygens (including phenoxy) is 1. The smallest absolute Gasteiger partial charge is 0.260 e. The molecule has 2 aromatic rings. The molecule has 1 atom stereocenters. The largest absolute Gasteiger partial charge is 0.483 e. The Hall–Kier alpha value is -2.78. The van der Waals surface area contributed by atoms with Crippen molar-refractivity contribution in [3.63, 3.8) is 0 Å². The third-order valence-electron chi connectivity index (χ3n) is 6.50. The van der Waals surface area contributed by atoms with Gasteiger partial charge in [-0.1, -0.05) is 44.2 Å². The van der Waals surface area contributed by atoms with Crippen LogP contribution in [0.3, 0.4) is 0 Å². The maximum absolute atomic E-state index is 13.2. The number of carbonyl (C=O) groups excluding carboxylic acids is 1. The fourth-order valence-electron chi connectivity index (χ4n) is 4.73. The fraction of sp³-hybridized carbons (Fsp3) is 0.519. The molecule has 9 heteroatoms. The SMILES string of the molecule is CC.CN(C(=O)COc1ccc(NS(C)(=O)=O)c2c1CCCN2)[C@H](CN1CCCC1)c1ccccc1. The fourth-order valence-corrected chi connectivity index (χ4v) is 5.30. The predicted molar refractivity (Wildman–Crippen MR) is 146 cm³/mol. The van der Waals surface area contributed by atoms with Crippen LogP contribution in [0.2, 0.25) is 0 Å². The minimum Gasteiger partial charge on any atom is -0.483 e. The number of anilines is 2. The molecule has 1 amide bonds. The van der Waals surface area contributed by atoms with Gasteiger partial charge in [0.25, 0.3) is 5.91 Å². The number of amides is 1. The number of nitrogens with zero attached hydrogens (tertiary/aromatic N) is 2. The number of sulfonamides is 1. The zero-order valence-corrected chi connectivity index (χ0v) is 22.7. The summed E-state index contributed by atoms with van der Waals surface area (Å²) < 4.78 is 32.1. The monoisotopic (exact) mass is 516 g/mol. The van der Waals surface area contributed by atoms with Crippen molar-refractivity contribution < 1.29 is 17.9 Å². The molecular weight excluding hydrogens is 476 g/mol. The van der Waals surface area contributed by atoms with E-state index >= 15 is 0 Å². The van der Waals surface area contributed by atoms with Crippen molar-refractivity contribution in [3.05, 3.63) is 53.6 Å². The second-order valence-corrected chi connectivity index (χ2v) is 10.8. The molecule has 2 heterocycles. The Bertz CT molecular complexity index is 1100. The molecule has 0 saturated carbocycles. The van der Waals surface area contributed by atoms with Crippen LogP contribution in [0.5, 0.6) is 5.75 Å². The molecule has 1 fully saturated rings. The molecule has 0 spiro atoms. The molecule has 1 saturated heterocycles. The van der Waals surface area contributed by atoms with Crippen LogP contribution in [0.4, 0.5) is 11.4 Å². The Kier molecular flexibility index (Phi) is 10.0. The van der Waals surface area contributed by atoms with E-state index in [2.05, 4.69) is 27.1 Å². The van der Waals surface area contributed by atoms with Crippen molar-refractivity contribution in [2.75, 3.05) is 56.1 Å². The molecule has 2 N–H and O–H groups in total. The Balaban J connectivity index is 0.00000176. The van der Waals surface area contributed by atoms with Gasteiger partial charge >= 0.3 is 0 Å². The summed E-state index contributed by atoms with van der Waals surface area (Å²) in [7, 11) is -1.56. The normalized spacial score (nSPS) is 16.1. The van der Waals surface area contributed by atoms with Crippen LogP contribution in [-0.4, -0.2) is 70.2 Å². The molecule has 0 bridgehead atoms. The van der Waals surface area contributed by atoms with Crippen LogP contribution < -0.4 is 14.8 Å². The summed E-state index contributed by atoms with van der Waals surface area (Å²) >= 11 is 0. The van der Waals surface area contributed by atoms with Gasteiger partial charge in [0.05, 0.1) is 23.7 Å². The zero-order chi connectivity index (χ0) is 26.1. The number of benzene rings is 2. The molecular formula is C27H40N4O4S. The first-order valence-corrected chi connectivity index (χ1v) is 14.7. The van der Waals surface area contributed by atoms with Crippen molar-refractivity contribution in [2.24, 2.45) is 0 Å². The molecule has 198 valence electrons. The molecule has 2 aliphatic rings.